The molecule has 0 spiro atoms. The van der Waals surface area contributed by atoms with Gasteiger partial charge in [0.1, 0.15) is 5.82 Å². The molecule has 1 saturated heterocycles. The number of rotatable bonds is 5. The molecule has 1 aliphatic rings. The molecule has 0 bridgehead atoms. The highest BCUT2D eigenvalue weighted by atomic mass is 16.2. The molecule has 2 heterocycles. The standard InChI is InChI=1S/C15H27N5O/c1-11(2)20-14(6-7-17-20)18-15(21)10-19-9-13(8-16)5-4-12(19)3/h6-7,11-13H,4-5,8-10,16H2,1-3H3,(H,18,21). The summed E-state index contributed by atoms with van der Waals surface area (Å²) in [5, 5.41) is 7.19. The molecular formula is C15H27N5O. The lowest BCUT2D eigenvalue weighted by Gasteiger charge is -2.37. The Morgan fingerprint density at radius 1 is 1.52 bits per heavy atom. The van der Waals surface area contributed by atoms with Crippen molar-refractivity contribution in [3.63, 3.8) is 0 Å². The van der Waals surface area contributed by atoms with Crippen molar-refractivity contribution in [3.8, 4) is 0 Å². The monoisotopic (exact) mass is 293 g/mol. The van der Waals surface area contributed by atoms with E-state index in [9.17, 15) is 4.79 Å². The van der Waals surface area contributed by atoms with Crippen LogP contribution in [0.2, 0.25) is 0 Å². The minimum absolute atomic E-state index is 0.0157. The SMILES string of the molecule is CC1CCC(CN)CN1CC(=O)Nc1ccnn1C(C)C. The van der Waals surface area contributed by atoms with Gasteiger partial charge in [0.15, 0.2) is 0 Å². The van der Waals surface area contributed by atoms with Crippen molar-refractivity contribution in [2.24, 2.45) is 11.7 Å². The first-order valence-corrected chi connectivity index (χ1v) is 7.78. The van der Waals surface area contributed by atoms with Crippen molar-refractivity contribution >= 4 is 11.7 Å². The van der Waals surface area contributed by atoms with Crippen molar-refractivity contribution < 1.29 is 4.79 Å². The molecule has 6 heteroatoms. The third-order valence-electron chi connectivity index (χ3n) is 4.22. The van der Waals surface area contributed by atoms with Gasteiger partial charge < -0.3 is 11.1 Å². The number of hydrogen-bond donors (Lipinski definition) is 2. The zero-order valence-corrected chi connectivity index (χ0v) is 13.2. The van der Waals surface area contributed by atoms with Gasteiger partial charge in [-0.15, -0.1) is 0 Å². The van der Waals surface area contributed by atoms with E-state index in [0.29, 0.717) is 25.0 Å². The smallest absolute Gasteiger partial charge is 0.239 e. The summed E-state index contributed by atoms with van der Waals surface area (Å²) in [6.07, 6.45) is 3.98. The highest BCUT2D eigenvalue weighted by Gasteiger charge is 2.26. The van der Waals surface area contributed by atoms with Gasteiger partial charge in [0, 0.05) is 24.7 Å². The minimum Gasteiger partial charge on any atom is -0.330 e. The van der Waals surface area contributed by atoms with Crippen LogP contribution in [0, 0.1) is 5.92 Å². The molecule has 1 fully saturated rings. The Morgan fingerprint density at radius 2 is 2.29 bits per heavy atom. The van der Waals surface area contributed by atoms with E-state index in [4.69, 9.17) is 5.73 Å². The van der Waals surface area contributed by atoms with Gasteiger partial charge in [-0.3, -0.25) is 9.69 Å². The quantitative estimate of drug-likeness (QED) is 0.862. The molecule has 1 aliphatic heterocycles. The number of nitrogens with two attached hydrogens (primary N) is 1. The second-order valence-electron chi connectivity index (χ2n) is 6.26. The fraction of sp³-hybridized carbons (Fsp3) is 0.733. The Kier molecular flexibility index (Phi) is 5.36. The Bertz CT molecular complexity index is 470. The fourth-order valence-electron chi connectivity index (χ4n) is 2.87. The highest BCUT2D eigenvalue weighted by Crippen LogP contribution is 2.21. The molecule has 1 amide bonds. The van der Waals surface area contributed by atoms with Crippen LogP contribution < -0.4 is 11.1 Å². The molecule has 1 aromatic heterocycles. The van der Waals surface area contributed by atoms with Gasteiger partial charge in [-0.2, -0.15) is 5.10 Å². The largest absolute Gasteiger partial charge is 0.330 e. The maximum Gasteiger partial charge on any atom is 0.239 e. The molecule has 0 radical (unpaired) electrons. The third kappa shape index (κ3) is 4.04. The summed E-state index contributed by atoms with van der Waals surface area (Å²) >= 11 is 0. The molecular weight excluding hydrogens is 266 g/mol. The van der Waals surface area contributed by atoms with Crippen LogP contribution in [-0.2, 0) is 4.79 Å². The number of amides is 1. The van der Waals surface area contributed by atoms with E-state index in [1.807, 2.05) is 24.6 Å². The lowest BCUT2D eigenvalue weighted by Crippen LogP contribution is -2.47. The Hall–Kier alpha value is -1.40. The Labute approximate surface area is 126 Å². The van der Waals surface area contributed by atoms with Crippen LogP contribution in [-0.4, -0.2) is 46.3 Å². The molecule has 118 valence electrons. The summed E-state index contributed by atoms with van der Waals surface area (Å²) in [7, 11) is 0. The first kappa shape index (κ1) is 16.0. The topological polar surface area (TPSA) is 76.2 Å². The van der Waals surface area contributed by atoms with Gasteiger partial charge in [0.2, 0.25) is 5.91 Å². The van der Waals surface area contributed by atoms with E-state index in [0.717, 1.165) is 25.2 Å². The summed E-state index contributed by atoms with van der Waals surface area (Å²) in [5.74, 6) is 1.28. The van der Waals surface area contributed by atoms with E-state index in [2.05, 4.69) is 22.2 Å². The van der Waals surface area contributed by atoms with Crippen molar-refractivity contribution in [1.82, 2.24) is 14.7 Å². The molecule has 2 unspecified atom stereocenters. The van der Waals surface area contributed by atoms with E-state index in [-0.39, 0.29) is 11.9 Å². The van der Waals surface area contributed by atoms with E-state index in [1.54, 1.807) is 6.20 Å². The molecule has 2 atom stereocenters. The lowest BCUT2D eigenvalue weighted by atomic mass is 9.93. The number of nitrogens with one attached hydrogen (secondary N) is 1. The summed E-state index contributed by atoms with van der Waals surface area (Å²) in [6, 6.07) is 2.50. The normalized spacial score (nSPS) is 23.5. The predicted molar refractivity (Wildman–Crippen MR) is 84.1 cm³/mol. The van der Waals surface area contributed by atoms with Gasteiger partial charge in [0.25, 0.3) is 0 Å². The number of hydrogen-bond acceptors (Lipinski definition) is 4. The molecule has 2 rings (SSSR count). The number of piperidine rings is 1. The zero-order chi connectivity index (χ0) is 15.4. The first-order valence-electron chi connectivity index (χ1n) is 7.78. The fourth-order valence-corrected chi connectivity index (χ4v) is 2.87. The zero-order valence-electron chi connectivity index (χ0n) is 13.2. The summed E-state index contributed by atoms with van der Waals surface area (Å²) < 4.78 is 1.82. The average molecular weight is 293 g/mol. The second kappa shape index (κ2) is 7.04. The van der Waals surface area contributed by atoms with Crippen molar-refractivity contribution in [2.45, 2.75) is 45.7 Å². The van der Waals surface area contributed by atoms with Crippen molar-refractivity contribution in [2.75, 3.05) is 25.0 Å². The third-order valence-corrected chi connectivity index (χ3v) is 4.22. The number of carbonyl (C=O) groups excluding carboxylic acids is 1. The van der Waals surface area contributed by atoms with Crippen molar-refractivity contribution in [1.29, 1.82) is 0 Å². The van der Waals surface area contributed by atoms with Crippen LogP contribution in [0.25, 0.3) is 0 Å². The number of likely N-dealkylation sites (tertiary alicyclic amines) is 1. The highest BCUT2D eigenvalue weighted by molar-refractivity contribution is 5.91. The average Bonchev–Trinajstić information content (AvgIpc) is 2.89. The van der Waals surface area contributed by atoms with Gasteiger partial charge in [-0.25, -0.2) is 4.68 Å². The summed E-state index contributed by atoms with van der Waals surface area (Å²) in [6.45, 7) is 8.29. The van der Waals surface area contributed by atoms with Crippen LogP contribution in [0.15, 0.2) is 12.3 Å². The van der Waals surface area contributed by atoms with Crippen LogP contribution in [0.1, 0.15) is 39.7 Å². The molecule has 21 heavy (non-hydrogen) atoms. The number of carbonyl (C=O) groups is 1. The van der Waals surface area contributed by atoms with E-state index in [1.165, 1.54) is 0 Å². The van der Waals surface area contributed by atoms with Crippen LogP contribution in [0.4, 0.5) is 5.82 Å². The van der Waals surface area contributed by atoms with E-state index >= 15 is 0 Å². The molecule has 6 nitrogen and oxygen atoms in total. The molecule has 0 saturated carbocycles. The second-order valence-corrected chi connectivity index (χ2v) is 6.26. The maximum atomic E-state index is 12.3. The van der Waals surface area contributed by atoms with E-state index < -0.39 is 0 Å². The van der Waals surface area contributed by atoms with Gasteiger partial charge in [-0.1, -0.05) is 0 Å². The molecule has 1 aromatic rings. The lowest BCUT2D eigenvalue weighted by molar-refractivity contribution is -0.118. The van der Waals surface area contributed by atoms with Crippen LogP contribution >= 0.6 is 0 Å². The first-order chi connectivity index (χ1) is 10.0. The molecule has 0 aliphatic carbocycles. The Balaban J connectivity index is 1.93. The number of anilines is 1. The van der Waals surface area contributed by atoms with Gasteiger partial charge >= 0.3 is 0 Å². The Morgan fingerprint density at radius 3 is 2.95 bits per heavy atom. The minimum atomic E-state index is 0.0157. The number of nitrogens with zero attached hydrogens (tertiary/aromatic N) is 3. The van der Waals surface area contributed by atoms with Gasteiger partial charge in [-0.05, 0) is 46.1 Å². The number of aromatic nitrogens is 2. The molecule has 3 N–H and O–H groups in total. The van der Waals surface area contributed by atoms with Gasteiger partial charge in [0.05, 0.1) is 12.7 Å². The predicted octanol–water partition coefficient (Wildman–Crippen LogP) is 1.46. The van der Waals surface area contributed by atoms with Crippen LogP contribution in [0.5, 0.6) is 0 Å². The summed E-state index contributed by atoms with van der Waals surface area (Å²) in [4.78, 5) is 14.5. The maximum absolute atomic E-state index is 12.3. The summed E-state index contributed by atoms with van der Waals surface area (Å²) in [5.41, 5.74) is 5.77. The molecule has 0 aromatic carbocycles. The van der Waals surface area contributed by atoms with Crippen LogP contribution in [0.3, 0.4) is 0 Å². The van der Waals surface area contributed by atoms with Crippen molar-refractivity contribution in [3.05, 3.63) is 12.3 Å².